The second kappa shape index (κ2) is 8.65. The van der Waals surface area contributed by atoms with E-state index in [-0.39, 0.29) is 5.82 Å². The first-order valence-electron chi connectivity index (χ1n) is 6.25. The highest BCUT2D eigenvalue weighted by Crippen LogP contribution is 2.17. The predicted octanol–water partition coefficient (Wildman–Crippen LogP) is 5.08. The summed E-state index contributed by atoms with van der Waals surface area (Å²) in [6.07, 6.45) is 6.22. The molecule has 1 nitrogen and oxygen atoms in total. The summed E-state index contributed by atoms with van der Waals surface area (Å²) in [6, 6.07) is 4.99. The Morgan fingerprint density at radius 2 is 1.94 bits per heavy atom. The van der Waals surface area contributed by atoms with Crippen molar-refractivity contribution in [1.29, 1.82) is 0 Å². The molecule has 0 aliphatic carbocycles. The Labute approximate surface area is 111 Å². The van der Waals surface area contributed by atoms with Crippen LogP contribution in [0.25, 0.3) is 0 Å². The molecule has 0 saturated carbocycles. The lowest BCUT2D eigenvalue weighted by Crippen LogP contribution is -1.96. The van der Waals surface area contributed by atoms with E-state index in [1.807, 2.05) is 0 Å². The molecule has 0 aromatic heterocycles. The number of rotatable bonds is 8. The van der Waals surface area contributed by atoms with Gasteiger partial charge in [0.2, 0.25) is 0 Å². The highest BCUT2D eigenvalue weighted by Gasteiger charge is 2.00. The Kier molecular flexibility index (Phi) is 7.45. The van der Waals surface area contributed by atoms with Crippen molar-refractivity contribution >= 4 is 15.9 Å². The molecule has 0 radical (unpaired) electrons. The number of halogens is 2. The molecule has 3 heteroatoms. The molecule has 0 aliphatic heterocycles. The molecule has 1 rings (SSSR count). The lowest BCUT2D eigenvalue weighted by atomic mass is 10.2. The van der Waals surface area contributed by atoms with Crippen molar-refractivity contribution in [2.45, 2.75) is 45.6 Å². The Morgan fingerprint density at radius 3 is 2.65 bits per heavy atom. The van der Waals surface area contributed by atoms with Crippen molar-refractivity contribution < 1.29 is 9.13 Å². The molecule has 0 heterocycles. The van der Waals surface area contributed by atoms with Crippen LogP contribution in [0.3, 0.4) is 0 Å². The maximum Gasteiger partial charge on any atom is 0.137 e. The first kappa shape index (κ1) is 14.7. The van der Waals surface area contributed by atoms with Crippen LogP contribution in [0, 0.1) is 5.82 Å². The van der Waals surface area contributed by atoms with E-state index in [0.717, 1.165) is 18.6 Å². The Morgan fingerprint density at radius 1 is 1.18 bits per heavy atom. The summed E-state index contributed by atoms with van der Waals surface area (Å²) in [5.41, 5.74) is 1.01. The van der Waals surface area contributed by atoms with Gasteiger partial charge in [-0.1, -0.05) is 38.7 Å². The average Bonchev–Trinajstić information content (AvgIpc) is 2.32. The van der Waals surface area contributed by atoms with Crippen molar-refractivity contribution in [2.24, 2.45) is 0 Å². The lowest BCUT2D eigenvalue weighted by Gasteiger charge is -2.05. The second-order valence-corrected chi connectivity index (χ2v) is 5.07. The zero-order valence-electron chi connectivity index (χ0n) is 10.3. The fourth-order valence-corrected chi connectivity index (χ4v) is 2.05. The normalized spacial score (nSPS) is 10.8. The van der Waals surface area contributed by atoms with Gasteiger partial charge in [0.1, 0.15) is 5.82 Å². The Balaban J connectivity index is 2.11. The minimum Gasteiger partial charge on any atom is -0.377 e. The van der Waals surface area contributed by atoms with Gasteiger partial charge in [-0.15, -0.1) is 0 Å². The van der Waals surface area contributed by atoms with Gasteiger partial charge in [-0.05, 0) is 40.0 Å². The van der Waals surface area contributed by atoms with Gasteiger partial charge in [-0.25, -0.2) is 4.39 Å². The van der Waals surface area contributed by atoms with Crippen molar-refractivity contribution in [3.8, 4) is 0 Å². The molecule has 0 fully saturated rings. The van der Waals surface area contributed by atoms with Crippen molar-refractivity contribution in [2.75, 3.05) is 6.61 Å². The van der Waals surface area contributed by atoms with Gasteiger partial charge < -0.3 is 4.74 Å². The molecule has 17 heavy (non-hydrogen) atoms. The quantitative estimate of drug-likeness (QED) is 0.609. The molecule has 0 N–H and O–H groups in total. The molecule has 0 bridgehead atoms. The first-order valence-corrected chi connectivity index (χ1v) is 7.05. The van der Waals surface area contributed by atoms with Crippen LogP contribution in [-0.2, 0) is 11.3 Å². The van der Waals surface area contributed by atoms with Gasteiger partial charge in [0.05, 0.1) is 11.1 Å². The molecule has 0 atom stereocenters. The van der Waals surface area contributed by atoms with Crippen LogP contribution in [0.4, 0.5) is 4.39 Å². The summed E-state index contributed by atoms with van der Waals surface area (Å²) in [6.45, 7) is 3.56. The standard InChI is InChI=1S/C14H20BrFO/c1-2-3-4-5-6-9-17-11-12-7-8-14(16)13(15)10-12/h7-8,10H,2-6,9,11H2,1H3. The Hall–Kier alpha value is -0.410. The third-order valence-electron chi connectivity index (χ3n) is 2.64. The summed E-state index contributed by atoms with van der Waals surface area (Å²) in [5.74, 6) is -0.228. The van der Waals surface area contributed by atoms with E-state index in [1.165, 1.54) is 31.7 Å². The minimum atomic E-state index is -0.228. The number of hydrogen-bond donors (Lipinski definition) is 0. The number of hydrogen-bond acceptors (Lipinski definition) is 1. The van der Waals surface area contributed by atoms with Crippen LogP contribution in [0.2, 0.25) is 0 Å². The summed E-state index contributed by atoms with van der Waals surface area (Å²) in [4.78, 5) is 0. The third kappa shape index (κ3) is 6.18. The van der Waals surface area contributed by atoms with Crippen molar-refractivity contribution in [3.05, 3.63) is 34.1 Å². The van der Waals surface area contributed by atoms with Crippen LogP contribution < -0.4 is 0 Å². The van der Waals surface area contributed by atoms with E-state index >= 15 is 0 Å². The molecule has 0 unspecified atom stereocenters. The summed E-state index contributed by atoms with van der Waals surface area (Å²) in [7, 11) is 0. The van der Waals surface area contributed by atoms with Crippen LogP contribution >= 0.6 is 15.9 Å². The summed E-state index contributed by atoms with van der Waals surface area (Å²) < 4.78 is 19.0. The van der Waals surface area contributed by atoms with E-state index in [9.17, 15) is 4.39 Å². The molecule has 0 spiro atoms. The van der Waals surface area contributed by atoms with E-state index in [1.54, 1.807) is 12.1 Å². The second-order valence-electron chi connectivity index (χ2n) is 4.22. The smallest absolute Gasteiger partial charge is 0.137 e. The molecule has 1 aromatic carbocycles. The molecule has 0 saturated heterocycles. The van der Waals surface area contributed by atoms with Crippen LogP contribution in [0.15, 0.2) is 22.7 Å². The molecule has 0 amide bonds. The monoisotopic (exact) mass is 302 g/mol. The van der Waals surface area contributed by atoms with Gasteiger partial charge >= 0.3 is 0 Å². The Bertz CT molecular complexity index is 328. The molecule has 96 valence electrons. The maximum atomic E-state index is 13.0. The van der Waals surface area contributed by atoms with Gasteiger partial charge in [0.25, 0.3) is 0 Å². The lowest BCUT2D eigenvalue weighted by molar-refractivity contribution is 0.116. The molecule has 0 aliphatic rings. The largest absolute Gasteiger partial charge is 0.377 e. The first-order chi connectivity index (χ1) is 8.24. The maximum absolute atomic E-state index is 13.0. The minimum absolute atomic E-state index is 0.228. The number of ether oxygens (including phenoxy) is 1. The highest BCUT2D eigenvalue weighted by atomic mass is 79.9. The average molecular weight is 303 g/mol. The topological polar surface area (TPSA) is 9.23 Å². The van der Waals surface area contributed by atoms with Crippen LogP contribution in [0.5, 0.6) is 0 Å². The number of unbranched alkanes of at least 4 members (excludes halogenated alkanes) is 4. The summed E-state index contributed by atoms with van der Waals surface area (Å²) in [5, 5.41) is 0. The van der Waals surface area contributed by atoms with Crippen molar-refractivity contribution in [3.63, 3.8) is 0 Å². The van der Waals surface area contributed by atoms with Gasteiger partial charge in [-0.2, -0.15) is 0 Å². The van der Waals surface area contributed by atoms with Crippen LogP contribution in [-0.4, -0.2) is 6.61 Å². The fourth-order valence-electron chi connectivity index (χ4n) is 1.63. The van der Waals surface area contributed by atoms with Gasteiger partial charge in [-0.3, -0.25) is 0 Å². The van der Waals surface area contributed by atoms with Crippen molar-refractivity contribution in [1.82, 2.24) is 0 Å². The predicted molar refractivity (Wildman–Crippen MR) is 72.5 cm³/mol. The fraction of sp³-hybridized carbons (Fsp3) is 0.571. The molecular formula is C14H20BrFO. The van der Waals surface area contributed by atoms with E-state index < -0.39 is 0 Å². The SMILES string of the molecule is CCCCCCCOCc1ccc(F)c(Br)c1. The van der Waals surface area contributed by atoms with Gasteiger partial charge in [0, 0.05) is 6.61 Å². The van der Waals surface area contributed by atoms with E-state index in [0.29, 0.717) is 11.1 Å². The molecular weight excluding hydrogens is 283 g/mol. The highest BCUT2D eigenvalue weighted by molar-refractivity contribution is 9.10. The van der Waals surface area contributed by atoms with E-state index in [4.69, 9.17) is 4.74 Å². The van der Waals surface area contributed by atoms with Crippen LogP contribution in [0.1, 0.15) is 44.6 Å². The zero-order valence-corrected chi connectivity index (χ0v) is 11.9. The zero-order chi connectivity index (χ0) is 12.5. The number of benzene rings is 1. The summed E-state index contributed by atoms with van der Waals surface area (Å²) >= 11 is 3.17. The van der Waals surface area contributed by atoms with Gasteiger partial charge in [0.15, 0.2) is 0 Å². The van der Waals surface area contributed by atoms with E-state index in [2.05, 4.69) is 22.9 Å². The molecule has 1 aromatic rings. The third-order valence-corrected chi connectivity index (χ3v) is 3.25.